The predicted octanol–water partition coefficient (Wildman–Crippen LogP) is 5.17. The number of ether oxygens (including phenoxy) is 1. The van der Waals surface area contributed by atoms with Gasteiger partial charge in [0.05, 0.1) is 10.9 Å². The van der Waals surface area contributed by atoms with Crippen molar-refractivity contribution in [1.82, 2.24) is 9.29 Å². The maximum Gasteiger partial charge on any atom is 0.225 e. The van der Waals surface area contributed by atoms with Gasteiger partial charge in [-0.15, -0.1) is 0 Å². The predicted molar refractivity (Wildman–Crippen MR) is 154 cm³/mol. The Morgan fingerprint density at radius 1 is 1.02 bits per heavy atom. The monoisotopic (exact) mass is 638 g/mol. The molecule has 0 saturated heterocycles. The van der Waals surface area contributed by atoms with E-state index in [1.54, 1.807) is 54.6 Å². The Balaban J connectivity index is 1.62. The molecular formula is C30H24BrClN2O5S. The minimum Gasteiger partial charge on any atom is -0.476 e. The van der Waals surface area contributed by atoms with E-state index in [2.05, 4.69) is 20.9 Å². The first-order valence-corrected chi connectivity index (χ1v) is 15.2. The van der Waals surface area contributed by atoms with Crippen LogP contribution < -0.4 is 4.74 Å². The van der Waals surface area contributed by atoms with Gasteiger partial charge in [-0.2, -0.15) is 4.31 Å². The highest BCUT2D eigenvalue weighted by molar-refractivity contribution is 9.10. The van der Waals surface area contributed by atoms with Gasteiger partial charge in [-0.3, -0.25) is 9.78 Å². The van der Waals surface area contributed by atoms with Crippen molar-refractivity contribution in [1.29, 1.82) is 0 Å². The molecule has 1 N–H and O–H groups in total. The summed E-state index contributed by atoms with van der Waals surface area (Å²) in [4.78, 5) is 18.9. The van der Waals surface area contributed by atoms with Crippen LogP contribution in [0.4, 0.5) is 0 Å². The van der Waals surface area contributed by atoms with Crippen molar-refractivity contribution < 1.29 is 23.1 Å². The van der Waals surface area contributed by atoms with Crippen LogP contribution in [0.1, 0.15) is 28.3 Å². The lowest BCUT2D eigenvalue weighted by Crippen LogP contribution is -2.51. The van der Waals surface area contributed by atoms with Gasteiger partial charge in [0, 0.05) is 30.3 Å². The highest BCUT2D eigenvalue weighted by atomic mass is 79.9. The molecule has 4 atom stereocenters. The number of hydrogen-bond donors (Lipinski definition) is 1. The Morgan fingerprint density at radius 2 is 1.65 bits per heavy atom. The molecule has 2 aliphatic rings. The summed E-state index contributed by atoms with van der Waals surface area (Å²) in [6.07, 6.45) is 1.31. The SMILES string of the molecule is CN(Cc1ccccc1)S(=O)(=O)C1C(=O)C2(O)c3ncc(Cl)cc3OC2(c2ccc(Br)cc2)C1c1ccccc1. The van der Waals surface area contributed by atoms with E-state index in [-0.39, 0.29) is 23.0 Å². The highest BCUT2D eigenvalue weighted by Crippen LogP contribution is 2.66. The van der Waals surface area contributed by atoms with Gasteiger partial charge in [0.1, 0.15) is 16.7 Å². The van der Waals surface area contributed by atoms with E-state index >= 15 is 0 Å². The minimum atomic E-state index is -4.35. The molecule has 6 rings (SSSR count). The number of hydrogen-bond acceptors (Lipinski definition) is 6. The maximum absolute atomic E-state index is 14.6. The third kappa shape index (κ3) is 3.87. The number of fused-ring (bicyclic) bond motifs is 3. The maximum atomic E-state index is 14.6. The van der Waals surface area contributed by atoms with Crippen LogP contribution in [-0.4, -0.2) is 40.9 Å². The molecule has 1 fully saturated rings. The first kappa shape index (κ1) is 27.1. The van der Waals surface area contributed by atoms with E-state index < -0.39 is 38.2 Å². The lowest BCUT2D eigenvalue weighted by molar-refractivity contribution is -0.151. The molecule has 4 aromatic rings. The zero-order valence-electron chi connectivity index (χ0n) is 21.2. The number of ketones is 1. The average Bonchev–Trinajstić information content (AvgIpc) is 3.32. The van der Waals surface area contributed by atoms with Crippen molar-refractivity contribution in [2.75, 3.05) is 7.05 Å². The Kier molecular flexibility index (Phi) is 6.63. The summed E-state index contributed by atoms with van der Waals surface area (Å²) < 4.78 is 37.3. The summed E-state index contributed by atoms with van der Waals surface area (Å²) in [5, 5.41) is 11.2. The second-order valence-corrected chi connectivity index (χ2v) is 13.5. The second kappa shape index (κ2) is 9.78. The van der Waals surface area contributed by atoms with Gasteiger partial charge < -0.3 is 9.84 Å². The highest BCUT2D eigenvalue weighted by Gasteiger charge is 2.79. The van der Waals surface area contributed by atoms with Crippen LogP contribution in [0.3, 0.4) is 0 Å². The number of aliphatic hydroxyl groups is 1. The molecular weight excluding hydrogens is 616 g/mol. The van der Waals surface area contributed by atoms with E-state index in [9.17, 15) is 18.3 Å². The molecule has 4 unspecified atom stereocenters. The van der Waals surface area contributed by atoms with Crippen LogP contribution in [0.15, 0.2) is 102 Å². The van der Waals surface area contributed by atoms with Crippen molar-refractivity contribution in [2.45, 2.75) is 28.9 Å². The van der Waals surface area contributed by atoms with Gasteiger partial charge >= 0.3 is 0 Å². The topological polar surface area (TPSA) is 96.8 Å². The van der Waals surface area contributed by atoms with Crippen molar-refractivity contribution in [2.24, 2.45) is 0 Å². The fraction of sp³-hybridized carbons (Fsp3) is 0.200. The minimum absolute atomic E-state index is 0.0451. The number of carbonyl (C=O) groups excluding carboxylic acids is 1. The summed E-state index contributed by atoms with van der Waals surface area (Å²) in [5.41, 5.74) is -2.62. The molecule has 204 valence electrons. The van der Waals surface area contributed by atoms with Gasteiger partial charge in [-0.25, -0.2) is 8.42 Å². The first-order chi connectivity index (χ1) is 19.1. The first-order valence-electron chi connectivity index (χ1n) is 12.5. The Bertz CT molecular complexity index is 1710. The van der Waals surface area contributed by atoms with Gasteiger partial charge in [0.15, 0.2) is 11.4 Å². The van der Waals surface area contributed by atoms with E-state index in [1.807, 2.05) is 30.3 Å². The molecule has 2 heterocycles. The number of nitrogens with zero attached hydrogens (tertiary/aromatic N) is 2. The van der Waals surface area contributed by atoms with Crippen LogP contribution in [0.2, 0.25) is 5.02 Å². The number of aromatic nitrogens is 1. The quantitative estimate of drug-likeness (QED) is 0.313. The van der Waals surface area contributed by atoms with Crippen LogP contribution in [-0.2, 0) is 32.6 Å². The zero-order valence-corrected chi connectivity index (χ0v) is 24.4. The van der Waals surface area contributed by atoms with Gasteiger partial charge in [-0.1, -0.05) is 100 Å². The van der Waals surface area contributed by atoms with Crippen LogP contribution in [0.5, 0.6) is 5.75 Å². The fourth-order valence-electron chi connectivity index (χ4n) is 6.00. The number of carbonyl (C=O) groups is 1. The molecule has 1 aliphatic heterocycles. The number of pyridine rings is 1. The smallest absolute Gasteiger partial charge is 0.225 e. The number of Topliss-reactive ketones (excluding diaryl/α,β-unsaturated/α-hetero) is 1. The zero-order chi connectivity index (χ0) is 28.3. The Hall–Kier alpha value is -3.08. The van der Waals surface area contributed by atoms with E-state index in [0.717, 1.165) is 14.3 Å². The van der Waals surface area contributed by atoms with Crippen molar-refractivity contribution in [3.05, 3.63) is 129 Å². The average molecular weight is 640 g/mol. The summed E-state index contributed by atoms with van der Waals surface area (Å²) >= 11 is 9.67. The molecule has 0 bridgehead atoms. The van der Waals surface area contributed by atoms with Gasteiger partial charge in [0.2, 0.25) is 15.6 Å². The third-order valence-electron chi connectivity index (χ3n) is 7.76. The van der Waals surface area contributed by atoms with Crippen LogP contribution in [0, 0.1) is 0 Å². The molecule has 1 saturated carbocycles. The summed E-state index contributed by atoms with van der Waals surface area (Å²) in [6, 6.07) is 26.4. The molecule has 7 nitrogen and oxygen atoms in total. The molecule has 0 spiro atoms. The van der Waals surface area contributed by atoms with Crippen molar-refractivity contribution >= 4 is 43.3 Å². The normalized spacial score (nSPS) is 25.5. The van der Waals surface area contributed by atoms with E-state index in [4.69, 9.17) is 16.3 Å². The molecule has 0 radical (unpaired) electrons. The molecule has 1 aliphatic carbocycles. The summed E-state index contributed by atoms with van der Waals surface area (Å²) in [5.74, 6) is -1.91. The number of halogens is 2. The van der Waals surface area contributed by atoms with E-state index in [0.29, 0.717) is 11.1 Å². The second-order valence-electron chi connectivity index (χ2n) is 10.0. The van der Waals surface area contributed by atoms with Crippen molar-refractivity contribution in [3.8, 4) is 5.75 Å². The van der Waals surface area contributed by atoms with Gasteiger partial charge in [0.25, 0.3) is 0 Å². The summed E-state index contributed by atoms with van der Waals surface area (Å²) in [6.45, 7) is 0.0451. The fourth-order valence-corrected chi connectivity index (χ4v) is 8.26. The van der Waals surface area contributed by atoms with Crippen LogP contribution >= 0.6 is 27.5 Å². The molecule has 3 aromatic carbocycles. The molecule has 40 heavy (non-hydrogen) atoms. The standard InChI is InChI=1S/C30H24BrClN2O5S/c1-34(18-19-8-4-2-5-9-19)40(37,38)26-25(20-10-6-3-7-11-20)30(21-12-14-22(31)15-13-21)29(36,28(26)35)27-24(39-30)16-23(32)17-33-27/h2-17,25-26,36H,18H2,1H3. The Morgan fingerprint density at radius 3 is 2.30 bits per heavy atom. The lowest BCUT2D eigenvalue weighted by atomic mass is 9.72. The Labute approximate surface area is 245 Å². The van der Waals surface area contributed by atoms with E-state index in [1.165, 1.54) is 19.3 Å². The van der Waals surface area contributed by atoms with Gasteiger partial charge in [-0.05, 0) is 28.8 Å². The largest absolute Gasteiger partial charge is 0.476 e. The molecule has 0 amide bonds. The van der Waals surface area contributed by atoms with Crippen molar-refractivity contribution in [3.63, 3.8) is 0 Å². The third-order valence-corrected chi connectivity index (χ3v) is 10.6. The molecule has 10 heteroatoms. The summed E-state index contributed by atoms with van der Waals surface area (Å²) in [7, 11) is -2.91. The lowest BCUT2D eigenvalue weighted by Gasteiger charge is -2.39. The molecule has 1 aromatic heterocycles. The number of benzene rings is 3. The number of rotatable bonds is 6. The number of sulfonamides is 1. The van der Waals surface area contributed by atoms with Crippen LogP contribution in [0.25, 0.3) is 0 Å².